The molecular formula is C16H20ClN7O3. The number of benzene rings is 1. The smallest absolute Gasteiger partial charge is 0.320 e. The summed E-state index contributed by atoms with van der Waals surface area (Å²) in [5.41, 5.74) is 7.04. The Labute approximate surface area is 160 Å². The third kappa shape index (κ3) is 7.12. The van der Waals surface area contributed by atoms with E-state index in [1.807, 2.05) is 12.1 Å². The van der Waals surface area contributed by atoms with Gasteiger partial charge in [-0.3, -0.25) is 4.79 Å². The lowest BCUT2D eigenvalue weighted by atomic mass is 10.1. The van der Waals surface area contributed by atoms with Gasteiger partial charge < -0.3 is 21.5 Å². The molecule has 1 aromatic heterocycles. The number of rotatable bonds is 9. The average molecular weight is 394 g/mol. The molecule has 0 aliphatic carbocycles. The van der Waals surface area contributed by atoms with Gasteiger partial charge in [0.1, 0.15) is 6.04 Å². The number of amides is 2. The van der Waals surface area contributed by atoms with Crippen molar-refractivity contribution >= 4 is 23.6 Å². The first-order valence-corrected chi connectivity index (χ1v) is 8.66. The highest BCUT2D eigenvalue weighted by Gasteiger charge is 2.10. The van der Waals surface area contributed by atoms with Crippen LogP contribution in [0.1, 0.15) is 24.8 Å². The molecule has 1 unspecified atom stereocenters. The van der Waals surface area contributed by atoms with Gasteiger partial charge in [-0.2, -0.15) is 0 Å². The second-order valence-electron chi connectivity index (χ2n) is 5.74. The van der Waals surface area contributed by atoms with Crippen LogP contribution >= 0.6 is 11.6 Å². The van der Waals surface area contributed by atoms with Gasteiger partial charge in [0, 0.05) is 18.7 Å². The first-order valence-electron chi connectivity index (χ1n) is 8.28. The Morgan fingerprint density at radius 1 is 1.07 bits per heavy atom. The Morgan fingerprint density at radius 3 is 2.37 bits per heavy atom. The van der Waals surface area contributed by atoms with E-state index >= 15 is 0 Å². The Bertz CT molecular complexity index is 756. The zero-order chi connectivity index (χ0) is 19.6. The molecule has 2 rings (SSSR count). The minimum absolute atomic E-state index is 0.0182. The van der Waals surface area contributed by atoms with Gasteiger partial charge in [0.15, 0.2) is 0 Å². The molecular weight excluding hydrogens is 374 g/mol. The van der Waals surface area contributed by atoms with Crippen LogP contribution in [0.25, 0.3) is 11.4 Å². The van der Waals surface area contributed by atoms with Gasteiger partial charge in [-0.15, -0.1) is 20.4 Å². The quantitative estimate of drug-likeness (QED) is 0.459. The number of halogens is 1. The lowest BCUT2D eigenvalue weighted by Gasteiger charge is -2.09. The normalized spacial score (nSPS) is 11.6. The minimum atomic E-state index is -1.01. The molecule has 2 amide bonds. The fraction of sp³-hybridized carbons (Fsp3) is 0.375. The summed E-state index contributed by atoms with van der Waals surface area (Å²) in [5.74, 6) is -0.652. The van der Waals surface area contributed by atoms with Crippen LogP contribution in [0, 0.1) is 0 Å². The molecule has 0 fully saturated rings. The molecule has 27 heavy (non-hydrogen) atoms. The summed E-state index contributed by atoms with van der Waals surface area (Å²) in [6.45, 7) is 0.805. The van der Waals surface area contributed by atoms with Gasteiger partial charge in [-0.25, -0.2) is 4.79 Å². The van der Waals surface area contributed by atoms with Gasteiger partial charge in [0.25, 0.3) is 5.28 Å². The molecule has 5 N–H and O–H groups in total. The molecule has 2 aromatic rings. The lowest BCUT2D eigenvalue weighted by Crippen LogP contribution is -2.35. The molecule has 1 heterocycles. The molecule has 10 nitrogen and oxygen atoms in total. The highest BCUT2D eigenvalue weighted by molar-refractivity contribution is 6.28. The second kappa shape index (κ2) is 10.3. The summed E-state index contributed by atoms with van der Waals surface area (Å²) in [6, 6.07) is 6.12. The van der Waals surface area contributed by atoms with E-state index in [2.05, 4.69) is 31.0 Å². The molecule has 144 valence electrons. The summed E-state index contributed by atoms with van der Waals surface area (Å²) in [5, 5.41) is 29.1. The number of carboxylic acids is 1. The Hall–Kier alpha value is -2.85. The fourth-order valence-electron chi connectivity index (χ4n) is 2.16. The number of aliphatic carboxylic acids is 1. The topological polar surface area (TPSA) is 156 Å². The maximum absolute atomic E-state index is 11.8. The highest BCUT2D eigenvalue weighted by Crippen LogP contribution is 2.14. The van der Waals surface area contributed by atoms with E-state index in [1.54, 1.807) is 12.1 Å². The van der Waals surface area contributed by atoms with Crippen molar-refractivity contribution in [3.63, 3.8) is 0 Å². The summed E-state index contributed by atoms with van der Waals surface area (Å²) >= 11 is 5.55. The van der Waals surface area contributed by atoms with Crippen molar-refractivity contribution in [2.24, 2.45) is 5.73 Å². The van der Waals surface area contributed by atoms with Crippen LogP contribution in [0.15, 0.2) is 24.3 Å². The van der Waals surface area contributed by atoms with E-state index < -0.39 is 12.0 Å². The Balaban J connectivity index is 1.68. The predicted octanol–water partition coefficient (Wildman–Crippen LogP) is 0.968. The van der Waals surface area contributed by atoms with Crippen LogP contribution in [-0.2, 0) is 11.3 Å². The minimum Gasteiger partial charge on any atom is -0.480 e. The summed E-state index contributed by atoms with van der Waals surface area (Å²) < 4.78 is 0. The third-order valence-corrected chi connectivity index (χ3v) is 3.82. The zero-order valence-electron chi connectivity index (χ0n) is 14.4. The number of nitrogens with zero attached hydrogens (tertiary/aromatic N) is 4. The molecule has 0 radical (unpaired) electrons. The number of unbranched alkanes of at least 4 members (excludes halogenated alkanes) is 1. The first-order chi connectivity index (χ1) is 13.0. The van der Waals surface area contributed by atoms with Gasteiger partial charge >= 0.3 is 12.0 Å². The summed E-state index contributed by atoms with van der Waals surface area (Å²) in [4.78, 5) is 22.3. The number of aromatic nitrogens is 4. The van der Waals surface area contributed by atoms with Gasteiger partial charge in [0.2, 0.25) is 5.82 Å². The van der Waals surface area contributed by atoms with Gasteiger partial charge in [-0.1, -0.05) is 24.3 Å². The molecule has 0 bridgehead atoms. The Morgan fingerprint density at radius 2 is 1.74 bits per heavy atom. The van der Waals surface area contributed by atoms with E-state index in [4.69, 9.17) is 22.4 Å². The fourth-order valence-corrected chi connectivity index (χ4v) is 2.24. The zero-order valence-corrected chi connectivity index (χ0v) is 15.2. The summed E-state index contributed by atoms with van der Waals surface area (Å²) in [6.07, 6.45) is 1.67. The van der Waals surface area contributed by atoms with E-state index in [-0.39, 0.29) is 11.3 Å². The van der Waals surface area contributed by atoms with E-state index in [0.717, 1.165) is 11.1 Å². The van der Waals surface area contributed by atoms with Crippen molar-refractivity contribution in [2.45, 2.75) is 31.8 Å². The second-order valence-corrected chi connectivity index (χ2v) is 6.08. The van der Waals surface area contributed by atoms with Crippen molar-refractivity contribution in [1.82, 2.24) is 31.0 Å². The molecule has 0 aliphatic heterocycles. The van der Waals surface area contributed by atoms with Crippen LogP contribution in [0.3, 0.4) is 0 Å². The maximum Gasteiger partial charge on any atom is 0.320 e. The number of carboxylic acid groups (broad SMARTS) is 1. The van der Waals surface area contributed by atoms with Crippen LogP contribution in [-0.4, -0.2) is 50.1 Å². The number of nitrogens with two attached hydrogens (primary N) is 1. The van der Waals surface area contributed by atoms with Crippen LogP contribution in [0.2, 0.25) is 5.28 Å². The van der Waals surface area contributed by atoms with Crippen LogP contribution in [0.4, 0.5) is 4.79 Å². The third-order valence-electron chi connectivity index (χ3n) is 3.66. The number of nitrogens with one attached hydrogen (secondary N) is 2. The number of hydrogen-bond donors (Lipinski definition) is 4. The standard InChI is InChI=1S/C16H20ClN7O3/c17-15-23-21-13(22-24-15)11-6-4-10(5-7-11)9-20-16(27)19-8-2-1-3-12(18)14(25)26/h4-7,12H,1-3,8-9,18H2,(H,25,26)(H2,19,20,27). The number of carbonyl (C=O) groups is 2. The van der Waals surface area contributed by atoms with E-state index in [9.17, 15) is 9.59 Å². The molecule has 1 atom stereocenters. The SMILES string of the molecule is NC(CCCCNC(=O)NCc1ccc(-c2nnc(Cl)nn2)cc1)C(=O)O. The molecule has 0 saturated heterocycles. The van der Waals surface area contributed by atoms with Crippen molar-refractivity contribution in [1.29, 1.82) is 0 Å². The summed E-state index contributed by atoms with van der Waals surface area (Å²) in [7, 11) is 0. The van der Waals surface area contributed by atoms with Gasteiger partial charge in [-0.05, 0) is 36.4 Å². The lowest BCUT2D eigenvalue weighted by molar-refractivity contribution is -0.138. The monoisotopic (exact) mass is 393 g/mol. The molecule has 0 saturated carbocycles. The predicted molar refractivity (Wildman–Crippen MR) is 97.8 cm³/mol. The van der Waals surface area contributed by atoms with Crippen LogP contribution < -0.4 is 16.4 Å². The van der Waals surface area contributed by atoms with Gasteiger partial charge in [0.05, 0.1) is 0 Å². The molecule has 1 aromatic carbocycles. The average Bonchev–Trinajstić information content (AvgIpc) is 2.67. The number of hydrogen-bond acceptors (Lipinski definition) is 7. The first kappa shape index (κ1) is 20.5. The number of carbonyl (C=O) groups excluding carboxylic acids is 1. The van der Waals surface area contributed by atoms with Crippen molar-refractivity contribution in [3.8, 4) is 11.4 Å². The highest BCUT2D eigenvalue weighted by atomic mass is 35.5. The van der Waals surface area contributed by atoms with Crippen molar-refractivity contribution in [2.75, 3.05) is 6.54 Å². The van der Waals surface area contributed by atoms with E-state index in [0.29, 0.717) is 38.2 Å². The van der Waals surface area contributed by atoms with E-state index in [1.165, 1.54) is 0 Å². The van der Waals surface area contributed by atoms with Crippen molar-refractivity contribution < 1.29 is 14.7 Å². The number of urea groups is 1. The molecule has 0 aliphatic rings. The molecule has 11 heteroatoms. The van der Waals surface area contributed by atoms with Crippen LogP contribution in [0.5, 0.6) is 0 Å². The Kier molecular flexibility index (Phi) is 7.83. The van der Waals surface area contributed by atoms with Crippen molar-refractivity contribution in [3.05, 3.63) is 35.1 Å². The largest absolute Gasteiger partial charge is 0.480 e. The molecule has 0 spiro atoms. The maximum atomic E-state index is 11.8.